The summed E-state index contributed by atoms with van der Waals surface area (Å²) in [7, 11) is 0. The molecule has 30 heavy (non-hydrogen) atoms. The van der Waals surface area contributed by atoms with Gasteiger partial charge in [-0.2, -0.15) is 0 Å². The summed E-state index contributed by atoms with van der Waals surface area (Å²) in [6.45, 7) is 3.38. The topological polar surface area (TPSA) is 40.6 Å². The van der Waals surface area contributed by atoms with Gasteiger partial charge in [0.05, 0.1) is 35.3 Å². The molecule has 2 fully saturated rings. The largest absolute Gasteiger partial charge is 0.378 e. The molecule has 0 radical (unpaired) electrons. The molecule has 0 amide bonds. The Hall–Kier alpha value is -2.19. The first-order valence-electron chi connectivity index (χ1n) is 9.89. The number of thiophene rings is 1. The van der Waals surface area contributed by atoms with E-state index in [1.807, 2.05) is 30.5 Å². The van der Waals surface area contributed by atoms with Gasteiger partial charge in [0.15, 0.2) is 5.11 Å². The van der Waals surface area contributed by atoms with Gasteiger partial charge < -0.3 is 19.9 Å². The number of morpholine rings is 1. The Labute approximate surface area is 190 Å². The summed E-state index contributed by atoms with van der Waals surface area (Å²) >= 11 is 13.6. The molecule has 2 aliphatic heterocycles. The highest BCUT2D eigenvalue weighted by Crippen LogP contribution is 2.44. The molecular formula is C22H21ClN4OS2. The highest BCUT2D eigenvalue weighted by molar-refractivity contribution is 7.80. The number of benzene rings is 1. The number of ether oxygens (including phenoxy) is 1. The summed E-state index contributed by atoms with van der Waals surface area (Å²) in [5.74, 6) is 0. The third kappa shape index (κ3) is 3.78. The smallest absolute Gasteiger partial charge is 0.174 e. The molecule has 5 rings (SSSR count). The minimum absolute atomic E-state index is 0.0147. The van der Waals surface area contributed by atoms with Gasteiger partial charge in [-0.1, -0.05) is 17.7 Å². The molecule has 2 aliphatic rings. The van der Waals surface area contributed by atoms with Crippen LogP contribution < -0.4 is 15.1 Å². The maximum absolute atomic E-state index is 6.28. The normalized spacial score (nSPS) is 21.7. The van der Waals surface area contributed by atoms with Crippen molar-refractivity contribution in [3.8, 4) is 0 Å². The Morgan fingerprint density at radius 1 is 1.03 bits per heavy atom. The molecule has 4 heterocycles. The van der Waals surface area contributed by atoms with E-state index in [9.17, 15) is 0 Å². The first-order valence-corrected chi connectivity index (χ1v) is 11.5. The van der Waals surface area contributed by atoms with Gasteiger partial charge in [-0.05, 0) is 60.7 Å². The third-order valence-electron chi connectivity index (χ3n) is 5.49. The zero-order valence-electron chi connectivity index (χ0n) is 16.2. The van der Waals surface area contributed by atoms with E-state index in [0.717, 1.165) is 46.9 Å². The van der Waals surface area contributed by atoms with Crippen molar-refractivity contribution in [3.05, 3.63) is 75.7 Å². The molecule has 154 valence electrons. The highest BCUT2D eigenvalue weighted by atomic mass is 35.5. The van der Waals surface area contributed by atoms with Crippen molar-refractivity contribution in [2.75, 3.05) is 36.1 Å². The van der Waals surface area contributed by atoms with Crippen molar-refractivity contribution in [3.63, 3.8) is 0 Å². The maximum Gasteiger partial charge on any atom is 0.174 e. The van der Waals surface area contributed by atoms with Gasteiger partial charge in [-0.3, -0.25) is 4.98 Å². The van der Waals surface area contributed by atoms with Crippen molar-refractivity contribution in [1.29, 1.82) is 0 Å². The average Bonchev–Trinajstić information content (AvgIpc) is 3.38. The molecule has 0 aliphatic carbocycles. The van der Waals surface area contributed by atoms with Gasteiger partial charge in [0.2, 0.25) is 0 Å². The number of rotatable bonds is 4. The van der Waals surface area contributed by atoms with Gasteiger partial charge in [0, 0.05) is 35.5 Å². The summed E-state index contributed by atoms with van der Waals surface area (Å²) in [6.07, 6.45) is 1.82. The van der Waals surface area contributed by atoms with Crippen molar-refractivity contribution in [2.45, 2.75) is 12.1 Å². The molecule has 8 heteroatoms. The van der Waals surface area contributed by atoms with E-state index >= 15 is 0 Å². The number of aromatic nitrogens is 1. The van der Waals surface area contributed by atoms with Gasteiger partial charge in [-0.25, -0.2) is 0 Å². The van der Waals surface area contributed by atoms with E-state index in [4.69, 9.17) is 28.6 Å². The predicted molar refractivity (Wildman–Crippen MR) is 127 cm³/mol. The predicted octanol–water partition coefficient (Wildman–Crippen LogP) is 4.81. The molecule has 0 bridgehead atoms. The van der Waals surface area contributed by atoms with Gasteiger partial charge in [-0.15, -0.1) is 11.3 Å². The van der Waals surface area contributed by atoms with Crippen LogP contribution in [0.2, 0.25) is 4.34 Å². The minimum atomic E-state index is -0.0488. The second-order valence-electron chi connectivity index (χ2n) is 7.25. The first kappa shape index (κ1) is 19.8. The molecule has 2 saturated heterocycles. The summed E-state index contributed by atoms with van der Waals surface area (Å²) in [5, 5.41) is 4.18. The maximum atomic E-state index is 6.28. The number of hydrogen-bond acceptors (Lipinski definition) is 5. The van der Waals surface area contributed by atoms with Crippen LogP contribution in [-0.4, -0.2) is 36.4 Å². The molecule has 0 unspecified atom stereocenters. The fourth-order valence-corrected chi connectivity index (χ4v) is 5.59. The highest BCUT2D eigenvalue weighted by Gasteiger charge is 2.41. The Balaban J connectivity index is 1.50. The summed E-state index contributed by atoms with van der Waals surface area (Å²) in [4.78, 5) is 10.3. The molecular weight excluding hydrogens is 436 g/mol. The molecule has 1 N–H and O–H groups in total. The monoisotopic (exact) mass is 456 g/mol. The van der Waals surface area contributed by atoms with Crippen LogP contribution in [0.1, 0.15) is 22.7 Å². The molecule has 2 atom stereocenters. The van der Waals surface area contributed by atoms with Crippen LogP contribution in [0.15, 0.2) is 60.8 Å². The van der Waals surface area contributed by atoms with Crippen molar-refractivity contribution in [1.82, 2.24) is 10.3 Å². The lowest BCUT2D eigenvalue weighted by molar-refractivity contribution is 0.122. The van der Waals surface area contributed by atoms with Crippen LogP contribution in [0, 0.1) is 0 Å². The zero-order valence-corrected chi connectivity index (χ0v) is 18.6. The Morgan fingerprint density at radius 3 is 2.47 bits per heavy atom. The second-order valence-corrected chi connectivity index (χ2v) is 9.39. The van der Waals surface area contributed by atoms with Crippen molar-refractivity contribution < 1.29 is 4.74 Å². The molecule has 0 saturated carbocycles. The first-order chi connectivity index (χ1) is 14.7. The van der Waals surface area contributed by atoms with Crippen LogP contribution in [0.3, 0.4) is 0 Å². The lowest BCUT2D eigenvalue weighted by Crippen LogP contribution is -2.36. The molecule has 2 aromatic heterocycles. The van der Waals surface area contributed by atoms with Crippen LogP contribution in [-0.2, 0) is 4.74 Å². The van der Waals surface area contributed by atoms with Gasteiger partial charge in [0.25, 0.3) is 0 Å². The van der Waals surface area contributed by atoms with Crippen molar-refractivity contribution >= 4 is 51.6 Å². The Kier molecular flexibility index (Phi) is 5.60. The quantitative estimate of drug-likeness (QED) is 0.568. The van der Waals surface area contributed by atoms with Crippen LogP contribution in [0.5, 0.6) is 0 Å². The zero-order chi connectivity index (χ0) is 20.5. The fourth-order valence-electron chi connectivity index (χ4n) is 4.05. The van der Waals surface area contributed by atoms with E-state index in [2.05, 4.69) is 50.4 Å². The van der Waals surface area contributed by atoms with E-state index in [0.29, 0.717) is 5.11 Å². The van der Waals surface area contributed by atoms with E-state index < -0.39 is 0 Å². The van der Waals surface area contributed by atoms with Crippen LogP contribution in [0.25, 0.3) is 0 Å². The number of halogens is 1. The number of nitrogens with one attached hydrogen (secondary N) is 1. The Morgan fingerprint density at radius 2 is 1.80 bits per heavy atom. The second kappa shape index (κ2) is 8.51. The van der Waals surface area contributed by atoms with E-state index in [1.165, 1.54) is 5.69 Å². The van der Waals surface area contributed by atoms with Gasteiger partial charge in [0.1, 0.15) is 0 Å². The van der Waals surface area contributed by atoms with Crippen LogP contribution >= 0.6 is 35.2 Å². The summed E-state index contributed by atoms with van der Waals surface area (Å²) in [5.41, 5.74) is 3.22. The average molecular weight is 457 g/mol. The van der Waals surface area contributed by atoms with E-state index in [1.54, 1.807) is 11.3 Å². The number of nitrogens with zero attached hydrogens (tertiary/aromatic N) is 3. The summed E-state index contributed by atoms with van der Waals surface area (Å²) < 4.78 is 6.24. The van der Waals surface area contributed by atoms with Crippen LogP contribution in [0.4, 0.5) is 11.4 Å². The molecule has 5 nitrogen and oxygen atoms in total. The van der Waals surface area contributed by atoms with E-state index in [-0.39, 0.29) is 12.1 Å². The number of anilines is 2. The minimum Gasteiger partial charge on any atom is -0.378 e. The molecule has 0 spiro atoms. The number of thiocarbonyl (C=S) groups is 1. The number of pyridine rings is 1. The molecule has 1 aromatic carbocycles. The standard InChI is InChI=1S/C22H21ClN4OS2/c23-19-9-8-18(30-19)21-20(17-3-1-2-10-24-17)25-22(29)27(21)16-6-4-15(5-7-16)26-11-13-28-14-12-26/h1-10,20-21H,11-14H2,(H,25,29)/t20-,21-/m1/s1. The lowest BCUT2D eigenvalue weighted by atomic mass is 10.0. The third-order valence-corrected chi connectivity index (χ3v) is 7.10. The SMILES string of the molecule is S=C1N[C@H](c2ccccn2)[C@@H](c2ccc(Cl)s2)N1c1ccc(N2CCOCC2)cc1. The lowest BCUT2D eigenvalue weighted by Gasteiger charge is -2.30. The Bertz CT molecular complexity index is 1020. The fraction of sp³-hybridized carbons (Fsp3) is 0.273. The van der Waals surface area contributed by atoms with Gasteiger partial charge >= 0.3 is 0 Å². The summed E-state index contributed by atoms with van der Waals surface area (Å²) in [6, 6.07) is 18.5. The molecule has 3 aromatic rings. The number of hydrogen-bond donors (Lipinski definition) is 1. The van der Waals surface area contributed by atoms with Crippen molar-refractivity contribution in [2.24, 2.45) is 0 Å².